The molecular weight excluding hydrogens is 418 g/mol. The van der Waals surface area contributed by atoms with Crippen molar-refractivity contribution >= 4 is 17.5 Å². The average molecular weight is 452 g/mol. The number of fused-ring (bicyclic) bond motifs is 2. The highest BCUT2D eigenvalue weighted by Crippen LogP contribution is 2.33. The summed E-state index contributed by atoms with van der Waals surface area (Å²) in [6, 6.07) is 13.6. The molecule has 2 aliphatic heterocycles. The topological polar surface area (TPSA) is 71.1 Å². The molecule has 0 aromatic heterocycles. The monoisotopic (exact) mass is 451 g/mol. The van der Waals surface area contributed by atoms with Gasteiger partial charge in [-0.05, 0) is 40.8 Å². The minimum absolute atomic E-state index is 0.0302. The molecule has 0 radical (unpaired) electrons. The van der Waals surface area contributed by atoms with Gasteiger partial charge in [-0.15, -0.1) is 0 Å². The number of nitrogens with one attached hydrogen (secondary N) is 1. The lowest BCUT2D eigenvalue weighted by molar-refractivity contribution is -0.136. The molecule has 0 bridgehead atoms. The van der Waals surface area contributed by atoms with Crippen molar-refractivity contribution in [2.24, 2.45) is 5.41 Å². The van der Waals surface area contributed by atoms with Crippen LogP contribution < -0.4 is 14.8 Å². The van der Waals surface area contributed by atoms with Gasteiger partial charge in [-0.1, -0.05) is 39.0 Å². The van der Waals surface area contributed by atoms with Crippen LogP contribution in [0.1, 0.15) is 27.2 Å². The molecule has 1 fully saturated rings. The molecule has 33 heavy (non-hydrogen) atoms. The Balaban J connectivity index is 1.53. The Morgan fingerprint density at radius 3 is 2.70 bits per heavy atom. The van der Waals surface area contributed by atoms with Crippen LogP contribution in [0, 0.1) is 5.41 Å². The standard InChI is InChI=1S/C26H33N3O4/c1-26(2,3)14-25(31)29-11-10-28-16-24(30)27-22-13-19(18-6-5-7-21(12-18)32-4)8-9-23(22)33-17-20(28)15-29/h5-9,12-13,20H,10-11,14-17H2,1-4H3,(H,27,30)/t20-/m1/s1. The molecule has 0 spiro atoms. The van der Waals surface area contributed by atoms with Crippen LogP contribution in [-0.2, 0) is 9.59 Å². The van der Waals surface area contributed by atoms with Crippen LogP contribution in [0.4, 0.5) is 5.69 Å². The summed E-state index contributed by atoms with van der Waals surface area (Å²) in [5.74, 6) is 1.49. The third-order valence-corrected chi connectivity index (χ3v) is 6.07. The Morgan fingerprint density at radius 1 is 1.15 bits per heavy atom. The number of amides is 2. The van der Waals surface area contributed by atoms with E-state index in [0.717, 1.165) is 16.9 Å². The summed E-state index contributed by atoms with van der Waals surface area (Å²) in [4.78, 5) is 29.6. The van der Waals surface area contributed by atoms with Crippen molar-refractivity contribution in [2.75, 3.05) is 45.2 Å². The highest BCUT2D eigenvalue weighted by atomic mass is 16.5. The molecular formula is C26H33N3O4. The SMILES string of the molecule is COc1cccc(-c2ccc3c(c2)NC(=O)CN2CCN(C(=O)CC(C)(C)C)C[C@@H]2CO3)c1. The third-order valence-electron chi connectivity index (χ3n) is 6.07. The molecule has 4 rings (SSSR count). The Morgan fingerprint density at radius 2 is 1.94 bits per heavy atom. The van der Waals surface area contributed by atoms with Crippen molar-refractivity contribution in [1.82, 2.24) is 9.80 Å². The van der Waals surface area contributed by atoms with Crippen molar-refractivity contribution in [2.45, 2.75) is 33.2 Å². The minimum Gasteiger partial charge on any atom is -0.497 e. The van der Waals surface area contributed by atoms with Crippen molar-refractivity contribution in [1.29, 1.82) is 0 Å². The molecule has 7 nitrogen and oxygen atoms in total. The molecule has 2 aromatic carbocycles. The van der Waals surface area contributed by atoms with Crippen LogP contribution in [0.3, 0.4) is 0 Å². The average Bonchev–Trinajstić information content (AvgIpc) is 2.83. The first-order chi connectivity index (χ1) is 15.7. The molecule has 1 N–H and O–H groups in total. The highest BCUT2D eigenvalue weighted by molar-refractivity contribution is 5.94. The molecule has 1 atom stereocenters. The van der Waals surface area contributed by atoms with E-state index in [4.69, 9.17) is 9.47 Å². The first kappa shape index (κ1) is 23.1. The maximum atomic E-state index is 12.8. The molecule has 7 heteroatoms. The summed E-state index contributed by atoms with van der Waals surface area (Å²) in [6.07, 6.45) is 0.511. The normalized spacial score (nSPS) is 19.2. The third kappa shape index (κ3) is 5.66. The van der Waals surface area contributed by atoms with E-state index in [2.05, 4.69) is 31.0 Å². The van der Waals surface area contributed by atoms with Gasteiger partial charge in [0, 0.05) is 26.1 Å². The van der Waals surface area contributed by atoms with E-state index >= 15 is 0 Å². The number of methoxy groups -OCH3 is 1. The molecule has 176 valence electrons. The summed E-state index contributed by atoms with van der Waals surface area (Å²) < 4.78 is 11.5. The van der Waals surface area contributed by atoms with Crippen LogP contribution in [-0.4, -0.2) is 67.6 Å². The number of piperazine rings is 1. The lowest BCUT2D eigenvalue weighted by atomic mass is 9.91. The number of hydrogen-bond acceptors (Lipinski definition) is 5. The second-order valence-corrected chi connectivity index (χ2v) is 10.0. The smallest absolute Gasteiger partial charge is 0.238 e. The fraction of sp³-hybridized carbons (Fsp3) is 0.462. The van der Waals surface area contributed by atoms with Crippen LogP contribution in [0.5, 0.6) is 11.5 Å². The van der Waals surface area contributed by atoms with Gasteiger partial charge < -0.3 is 19.7 Å². The Kier molecular flexibility index (Phi) is 6.61. The van der Waals surface area contributed by atoms with E-state index in [-0.39, 0.29) is 29.8 Å². The molecule has 2 heterocycles. The molecule has 2 amide bonds. The zero-order valence-electron chi connectivity index (χ0n) is 19.9. The van der Waals surface area contributed by atoms with E-state index < -0.39 is 0 Å². The Labute approximate surface area is 195 Å². The number of anilines is 1. The number of benzene rings is 2. The molecule has 2 aliphatic rings. The van der Waals surface area contributed by atoms with Crippen LogP contribution in [0.2, 0.25) is 0 Å². The predicted octanol–water partition coefficient (Wildman–Crippen LogP) is 3.64. The summed E-state index contributed by atoms with van der Waals surface area (Å²) in [5.41, 5.74) is 2.56. The lowest BCUT2D eigenvalue weighted by Crippen LogP contribution is -2.58. The first-order valence-corrected chi connectivity index (χ1v) is 11.4. The van der Waals surface area contributed by atoms with Crippen molar-refractivity contribution in [3.63, 3.8) is 0 Å². The zero-order valence-corrected chi connectivity index (χ0v) is 19.9. The fourth-order valence-electron chi connectivity index (χ4n) is 4.35. The molecule has 1 saturated heterocycles. The maximum absolute atomic E-state index is 12.8. The second kappa shape index (κ2) is 9.43. The number of carbonyl (C=O) groups excluding carboxylic acids is 2. The van der Waals surface area contributed by atoms with Crippen molar-refractivity contribution in [3.05, 3.63) is 42.5 Å². The van der Waals surface area contributed by atoms with Gasteiger partial charge in [-0.3, -0.25) is 14.5 Å². The number of ether oxygens (including phenoxy) is 2. The van der Waals surface area contributed by atoms with Gasteiger partial charge in [0.15, 0.2) is 0 Å². The van der Waals surface area contributed by atoms with Gasteiger partial charge in [0.05, 0.1) is 25.4 Å². The van der Waals surface area contributed by atoms with E-state index in [1.165, 1.54) is 0 Å². The predicted molar refractivity (Wildman–Crippen MR) is 129 cm³/mol. The van der Waals surface area contributed by atoms with Crippen LogP contribution in [0.15, 0.2) is 42.5 Å². The zero-order chi connectivity index (χ0) is 23.6. The second-order valence-electron chi connectivity index (χ2n) is 10.0. The van der Waals surface area contributed by atoms with E-state index in [9.17, 15) is 9.59 Å². The molecule has 0 saturated carbocycles. The maximum Gasteiger partial charge on any atom is 0.238 e. The number of hydrogen-bond donors (Lipinski definition) is 1. The van der Waals surface area contributed by atoms with Gasteiger partial charge in [0.25, 0.3) is 0 Å². The summed E-state index contributed by atoms with van der Waals surface area (Å²) in [6.45, 7) is 8.77. The summed E-state index contributed by atoms with van der Waals surface area (Å²) in [5, 5.41) is 3.02. The van der Waals surface area contributed by atoms with E-state index in [1.54, 1.807) is 7.11 Å². The molecule has 0 aliphatic carbocycles. The van der Waals surface area contributed by atoms with Crippen molar-refractivity contribution in [3.8, 4) is 22.6 Å². The quantitative estimate of drug-likeness (QED) is 0.772. The van der Waals surface area contributed by atoms with E-state index in [0.29, 0.717) is 44.1 Å². The van der Waals surface area contributed by atoms with Gasteiger partial charge in [0.2, 0.25) is 11.8 Å². The van der Waals surface area contributed by atoms with Gasteiger partial charge >= 0.3 is 0 Å². The number of nitrogens with zero attached hydrogens (tertiary/aromatic N) is 2. The summed E-state index contributed by atoms with van der Waals surface area (Å²) >= 11 is 0. The minimum atomic E-state index is -0.0796. The van der Waals surface area contributed by atoms with E-state index in [1.807, 2.05) is 47.4 Å². The highest BCUT2D eigenvalue weighted by Gasteiger charge is 2.33. The van der Waals surface area contributed by atoms with Crippen LogP contribution >= 0.6 is 0 Å². The fourth-order valence-corrected chi connectivity index (χ4v) is 4.35. The summed E-state index contributed by atoms with van der Waals surface area (Å²) in [7, 11) is 1.64. The largest absolute Gasteiger partial charge is 0.497 e. The number of rotatable bonds is 3. The molecule has 2 aromatic rings. The first-order valence-electron chi connectivity index (χ1n) is 11.4. The van der Waals surface area contributed by atoms with Gasteiger partial charge in [-0.25, -0.2) is 0 Å². The van der Waals surface area contributed by atoms with Crippen molar-refractivity contribution < 1.29 is 19.1 Å². The lowest BCUT2D eigenvalue weighted by Gasteiger charge is -2.41. The Hall–Kier alpha value is -3.06. The van der Waals surface area contributed by atoms with Crippen LogP contribution in [0.25, 0.3) is 11.1 Å². The Bertz CT molecular complexity index is 1030. The number of carbonyl (C=O) groups is 2. The molecule has 0 unspecified atom stereocenters. The van der Waals surface area contributed by atoms with Gasteiger partial charge in [0.1, 0.15) is 18.1 Å². The van der Waals surface area contributed by atoms with Gasteiger partial charge in [-0.2, -0.15) is 0 Å².